The van der Waals surface area contributed by atoms with Crippen molar-refractivity contribution in [2.45, 2.75) is 46.2 Å². The standard InChI is InChI=1S/C26H30N6O/c1-17-8-7-11-31(15-17)24(25-28-29-30-32(25)16-20-9-5-4-6-10-20)22-14-21-12-18(2)19(3)13-23(21)27-26(22)33/h4-6,9-10,12-14,17,24H,7-8,11,15-16H2,1-3H3,(H,27,33)/t17-,24+/m1/s1. The fourth-order valence-corrected chi connectivity index (χ4v) is 4.93. The van der Waals surface area contributed by atoms with Gasteiger partial charge in [-0.2, -0.15) is 0 Å². The molecule has 3 heterocycles. The van der Waals surface area contributed by atoms with Gasteiger partial charge in [0, 0.05) is 17.6 Å². The maximum atomic E-state index is 13.4. The van der Waals surface area contributed by atoms with E-state index < -0.39 is 0 Å². The predicted molar refractivity (Wildman–Crippen MR) is 129 cm³/mol. The molecule has 1 saturated heterocycles. The van der Waals surface area contributed by atoms with Crippen LogP contribution in [0.1, 0.15) is 53.9 Å². The number of pyridine rings is 1. The van der Waals surface area contributed by atoms with E-state index in [4.69, 9.17) is 0 Å². The van der Waals surface area contributed by atoms with Crippen molar-refractivity contribution in [3.8, 4) is 0 Å². The zero-order chi connectivity index (χ0) is 22.9. The molecule has 2 atom stereocenters. The number of aryl methyl sites for hydroxylation is 2. The van der Waals surface area contributed by atoms with Crippen molar-refractivity contribution < 1.29 is 0 Å². The molecule has 7 heteroatoms. The number of piperidine rings is 1. The smallest absolute Gasteiger partial charge is 0.253 e. The summed E-state index contributed by atoms with van der Waals surface area (Å²) in [4.78, 5) is 18.9. The minimum atomic E-state index is -0.304. The van der Waals surface area contributed by atoms with E-state index in [1.54, 1.807) is 0 Å². The molecule has 0 aliphatic carbocycles. The van der Waals surface area contributed by atoms with E-state index in [2.05, 4.69) is 64.4 Å². The number of likely N-dealkylation sites (tertiary alicyclic amines) is 1. The lowest BCUT2D eigenvalue weighted by Crippen LogP contribution is -2.41. The van der Waals surface area contributed by atoms with Crippen molar-refractivity contribution in [1.29, 1.82) is 0 Å². The third-order valence-electron chi connectivity index (χ3n) is 6.81. The van der Waals surface area contributed by atoms with Crippen LogP contribution in [0.15, 0.2) is 53.3 Å². The number of benzene rings is 2. The Labute approximate surface area is 193 Å². The molecule has 170 valence electrons. The van der Waals surface area contributed by atoms with Crippen LogP contribution in [0.25, 0.3) is 10.9 Å². The van der Waals surface area contributed by atoms with Crippen LogP contribution in [-0.2, 0) is 6.54 Å². The summed E-state index contributed by atoms with van der Waals surface area (Å²) < 4.78 is 1.84. The topological polar surface area (TPSA) is 79.7 Å². The minimum Gasteiger partial charge on any atom is -0.322 e. The van der Waals surface area contributed by atoms with Gasteiger partial charge in [0.15, 0.2) is 5.82 Å². The Morgan fingerprint density at radius 2 is 1.91 bits per heavy atom. The van der Waals surface area contributed by atoms with E-state index in [1.165, 1.54) is 17.5 Å². The van der Waals surface area contributed by atoms with Gasteiger partial charge in [-0.3, -0.25) is 9.69 Å². The minimum absolute atomic E-state index is 0.0803. The number of aromatic amines is 1. The Morgan fingerprint density at radius 3 is 2.70 bits per heavy atom. The van der Waals surface area contributed by atoms with Gasteiger partial charge in [-0.05, 0) is 89.9 Å². The van der Waals surface area contributed by atoms with Crippen molar-refractivity contribution in [2.75, 3.05) is 13.1 Å². The summed E-state index contributed by atoms with van der Waals surface area (Å²) in [5, 5.41) is 13.8. The van der Waals surface area contributed by atoms with E-state index in [9.17, 15) is 4.79 Å². The molecule has 2 aromatic carbocycles. The van der Waals surface area contributed by atoms with Crippen molar-refractivity contribution in [2.24, 2.45) is 5.92 Å². The van der Waals surface area contributed by atoms with Gasteiger partial charge in [-0.25, -0.2) is 4.68 Å². The molecule has 4 aromatic rings. The summed E-state index contributed by atoms with van der Waals surface area (Å²) in [6.07, 6.45) is 2.30. The van der Waals surface area contributed by atoms with Crippen molar-refractivity contribution in [3.63, 3.8) is 0 Å². The van der Waals surface area contributed by atoms with Gasteiger partial charge in [0.2, 0.25) is 0 Å². The molecule has 0 unspecified atom stereocenters. The summed E-state index contributed by atoms with van der Waals surface area (Å²) in [5.74, 6) is 1.27. The highest BCUT2D eigenvalue weighted by Gasteiger charge is 2.32. The van der Waals surface area contributed by atoms with E-state index in [-0.39, 0.29) is 11.6 Å². The van der Waals surface area contributed by atoms with Gasteiger partial charge in [0.05, 0.1) is 6.54 Å². The monoisotopic (exact) mass is 442 g/mol. The molecule has 0 bridgehead atoms. The number of hydrogen-bond acceptors (Lipinski definition) is 5. The Hall–Kier alpha value is -3.32. The third kappa shape index (κ3) is 4.33. The Balaban J connectivity index is 1.64. The Kier molecular flexibility index (Phi) is 5.81. The number of fused-ring (bicyclic) bond motifs is 1. The average Bonchev–Trinajstić information content (AvgIpc) is 3.24. The first kappa shape index (κ1) is 21.5. The molecule has 1 aliphatic heterocycles. The van der Waals surface area contributed by atoms with Gasteiger partial charge in [-0.1, -0.05) is 37.3 Å². The van der Waals surface area contributed by atoms with Crippen LogP contribution >= 0.6 is 0 Å². The largest absolute Gasteiger partial charge is 0.322 e. The number of aromatic nitrogens is 5. The zero-order valence-corrected chi connectivity index (χ0v) is 19.5. The quantitative estimate of drug-likeness (QED) is 0.505. The van der Waals surface area contributed by atoms with Crippen molar-refractivity contribution in [1.82, 2.24) is 30.1 Å². The highest BCUT2D eigenvalue weighted by atomic mass is 16.1. The molecule has 1 N–H and O–H groups in total. The highest BCUT2D eigenvalue weighted by Crippen LogP contribution is 2.31. The molecule has 1 fully saturated rings. The maximum absolute atomic E-state index is 13.4. The second kappa shape index (κ2) is 8.90. The lowest BCUT2D eigenvalue weighted by Gasteiger charge is -2.36. The normalized spacial score (nSPS) is 18.0. The molecule has 0 spiro atoms. The second-order valence-corrected chi connectivity index (χ2v) is 9.40. The lowest BCUT2D eigenvalue weighted by molar-refractivity contribution is 0.141. The number of H-pyrrole nitrogens is 1. The number of nitrogens with zero attached hydrogens (tertiary/aromatic N) is 5. The Morgan fingerprint density at radius 1 is 1.12 bits per heavy atom. The number of nitrogens with one attached hydrogen (secondary N) is 1. The third-order valence-corrected chi connectivity index (χ3v) is 6.81. The number of rotatable bonds is 5. The molecule has 1 aliphatic rings. The molecular weight excluding hydrogens is 412 g/mol. The average molecular weight is 443 g/mol. The van der Waals surface area contributed by atoms with Crippen LogP contribution in [0.3, 0.4) is 0 Å². The second-order valence-electron chi connectivity index (χ2n) is 9.40. The highest BCUT2D eigenvalue weighted by molar-refractivity contribution is 5.81. The molecule has 33 heavy (non-hydrogen) atoms. The van der Waals surface area contributed by atoms with Crippen LogP contribution in [0.4, 0.5) is 0 Å². The van der Waals surface area contributed by atoms with E-state index >= 15 is 0 Å². The Bertz CT molecular complexity index is 1330. The van der Waals surface area contributed by atoms with Crippen LogP contribution in [-0.4, -0.2) is 43.2 Å². The fourth-order valence-electron chi connectivity index (χ4n) is 4.93. The van der Waals surface area contributed by atoms with Gasteiger partial charge < -0.3 is 4.98 Å². The van der Waals surface area contributed by atoms with E-state index in [0.717, 1.165) is 36.0 Å². The predicted octanol–water partition coefficient (Wildman–Crippen LogP) is 4.00. The molecule has 0 radical (unpaired) electrons. The first-order valence-electron chi connectivity index (χ1n) is 11.7. The van der Waals surface area contributed by atoms with Crippen LogP contribution < -0.4 is 5.56 Å². The molecule has 2 aromatic heterocycles. The lowest BCUT2D eigenvalue weighted by atomic mass is 9.95. The van der Waals surface area contributed by atoms with Crippen molar-refractivity contribution >= 4 is 10.9 Å². The summed E-state index contributed by atoms with van der Waals surface area (Å²) in [5.41, 5.74) is 4.97. The zero-order valence-electron chi connectivity index (χ0n) is 19.5. The van der Waals surface area contributed by atoms with Crippen LogP contribution in [0, 0.1) is 19.8 Å². The summed E-state index contributed by atoms with van der Waals surface area (Å²) in [7, 11) is 0. The van der Waals surface area contributed by atoms with E-state index in [0.29, 0.717) is 23.9 Å². The van der Waals surface area contributed by atoms with Crippen LogP contribution in [0.5, 0.6) is 0 Å². The van der Waals surface area contributed by atoms with E-state index in [1.807, 2.05) is 35.0 Å². The summed E-state index contributed by atoms with van der Waals surface area (Å²) in [6, 6.07) is 16.1. The molecule has 0 amide bonds. The van der Waals surface area contributed by atoms with Crippen LogP contribution in [0.2, 0.25) is 0 Å². The number of hydrogen-bond donors (Lipinski definition) is 1. The van der Waals surface area contributed by atoms with Crippen molar-refractivity contribution in [3.05, 3.63) is 87.0 Å². The summed E-state index contributed by atoms with van der Waals surface area (Å²) >= 11 is 0. The molecule has 0 saturated carbocycles. The summed E-state index contributed by atoms with van der Waals surface area (Å²) in [6.45, 7) is 8.82. The van der Waals surface area contributed by atoms with Gasteiger partial charge in [-0.15, -0.1) is 5.10 Å². The molecular formula is C26H30N6O. The first-order chi connectivity index (χ1) is 16.0. The van der Waals surface area contributed by atoms with Gasteiger partial charge in [0.1, 0.15) is 6.04 Å². The maximum Gasteiger partial charge on any atom is 0.253 e. The molecule has 7 nitrogen and oxygen atoms in total. The molecule has 5 rings (SSSR count). The first-order valence-corrected chi connectivity index (χ1v) is 11.7. The number of tetrazole rings is 1. The fraction of sp³-hybridized carbons (Fsp3) is 0.385. The van der Waals surface area contributed by atoms with Gasteiger partial charge >= 0.3 is 0 Å². The SMILES string of the molecule is Cc1cc2cc([C@@H](c3nnnn3Cc3ccccc3)N3CCC[C@@H](C)C3)c(=O)[nH]c2cc1C. The van der Waals surface area contributed by atoms with Gasteiger partial charge in [0.25, 0.3) is 5.56 Å².